The Hall–Kier alpha value is -4.12. The van der Waals surface area contributed by atoms with Crippen LogP contribution in [0.3, 0.4) is 0 Å². The van der Waals surface area contributed by atoms with Crippen LogP contribution in [0.5, 0.6) is 11.5 Å². The van der Waals surface area contributed by atoms with Gasteiger partial charge in [-0.05, 0) is 68.7 Å². The van der Waals surface area contributed by atoms with Crippen LogP contribution in [0.4, 0.5) is 10.1 Å². The number of sulfonamides is 1. The molecule has 0 unspecified atom stereocenters. The highest BCUT2D eigenvalue weighted by atomic mass is 32.2. The zero-order valence-electron chi connectivity index (χ0n) is 25.5. The number of unbranched alkanes of at least 4 members (excludes halogenated alkanes) is 1. The Bertz CT molecular complexity index is 1530. The molecule has 3 rings (SSSR count). The largest absolute Gasteiger partial charge is 0.493 e. The lowest BCUT2D eigenvalue weighted by molar-refractivity contribution is -0.139. The summed E-state index contributed by atoms with van der Waals surface area (Å²) in [5, 5.41) is 2.81. The molecule has 2 amide bonds. The van der Waals surface area contributed by atoms with Crippen LogP contribution in [-0.2, 0) is 26.2 Å². The summed E-state index contributed by atoms with van der Waals surface area (Å²) >= 11 is 0. The highest BCUT2D eigenvalue weighted by Crippen LogP contribution is 2.33. The van der Waals surface area contributed by atoms with Crippen LogP contribution in [0.25, 0.3) is 0 Å². The SMILES string of the molecule is CCCCNC(=O)[C@H](C)N(Cc1ccccc1F)C(=O)CN(c1cc(C)cc(C)c1)S(=O)(=O)c1ccc(OC)c(OC)c1. The van der Waals surface area contributed by atoms with Crippen molar-refractivity contribution in [1.29, 1.82) is 0 Å². The lowest BCUT2D eigenvalue weighted by atomic mass is 10.1. The van der Waals surface area contributed by atoms with E-state index in [1.807, 2.05) is 26.8 Å². The van der Waals surface area contributed by atoms with Gasteiger partial charge in [-0.1, -0.05) is 37.6 Å². The van der Waals surface area contributed by atoms with Gasteiger partial charge in [0.05, 0.1) is 24.8 Å². The third-order valence-corrected chi connectivity index (χ3v) is 8.78. The molecule has 0 saturated carbocycles. The van der Waals surface area contributed by atoms with E-state index in [2.05, 4.69) is 5.32 Å². The van der Waals surface area contributed by atoms with Gasteiger partial charge < -0.3 is 19.7 Å². The molecule has 0 aromatic heterocycles. The molecule has 0 bridgehead atoms. The average Bonchev–Trinajstić information content (AvgIpc) is 2.98. The molecule has 0 radical (unpaired) electrons. The standard InChI is InChI=1S/C32H40FN3O6S/c1-7-8-15-34-32(38)24(4)35(20-25-11-9-10-12-28(25)33)31(37)21-36(26-17-22(2)16-23(3)18-26)43(39,40)27-13-14-29(41-5)30(19-27)42-6/h9-14,16-19,24H,7-8,15,20-21H2,1-6H3,(H,34,38)/t24-/m0/s1. The van der Waals surface area contributed by atoms with E-state index in [9.17, 15) is 22.4 Å². The van der Waals surface area contributed by atoms with Gasteiger partial charge in [0.1, 0.15) is 18.4 Å². The molecular weight excluding hydrogens is 573 g/mol. The second-order valence-electron chi connectivity index (χ2n) is 10.3. The number of rotatable bonds is 14. The lowest BCUT2D eigenvalue weighted by Gasteiger charge is -2.32. The Labute approximate surface area is 253 Å². The maximum Gasteiger partial charge on any atom is 0.264 e. The van der Waals surface area contributed by atoms with Crippen molar-refractivity contribution in [2.45, 2.75) is 58.0 Å². The fraction of sp³-hybridized carbons (Fsp3) is 0.375. The highest BCUT2D eigenvalue weighted by molar-refractivity contribution is 7.92. The van der Waals surface area contributed by atoms with Gasteiger partial charge in [0, 0.05) is 24.7 Å². The van der Waals surface area contributed by atoms with E-state index < -0.39 is 40.2 Å². The highest BCUT2D eigenvalue weighted by Gasteiger charge is 2.33. The topological polar surface area (TPSA) is 105 Å². The first-order valence-electron chi connectivity index (χ1n) is 14.1. The zero-order valence-corrected chi connectivity index (χ0v) is 26.3. The lowest BCUT2D eigenvalue weighted by Crippen LogP contribution is -2.51. The van der Waals surface area contributed by atoms with E-state index in [-0.39, 0.29) is 28.4 Å². The molecule has 0 heterocycles. The predicted octanol–water partition coefficient (Wildman–Crippen LogP) is 4.99. The van der Waals surface area contributed by atoms with Crippen molar-refractivity contribution in [3.05, 3.63) is 83.2 Å². The Kier molecular flexibility index (Phi) is 11.5. The number of methoxy groups -OCH3 is 2. The summed E-state index contributed by atoms with van der Waals surface area (Å²) in [6, 6.07) is 14.4. The van der Waals surface area contributed by atoms with Gasteiger partial charge in [0.15, 0.2) is 11.5 Å². The van der Waals surface area contributed by atoms with E-state index in [1.54, 1.807) is 25.1 Å². The van der Waals surface area contributed by atoms with E-state index in [0.717, 1.165) is 28.3 Å². The molecule has 1 N–H and O–H groups in total. The minimum atomic E-state index is -4.34. The number of benzene rings is 3. The van der Waals surface area contributed by atoms with Crippen molar-refractivity contribution in [1.82, 2.24) is 10.2 Å². The summed E-state index contributed by atoms with van der Waals surface area (Å²) in [6.45, 7) is 6.74. The quantitative estimate of drug-likeness (QED) is 0.257. The summed E-state index contributed by atoms with van der Waals surface area (Å²) in [5.41, 5.74) is 2.06. The smallest absolute Gasteiger partial charge is 0.264 e. The average molecular weight is 614 g/mol. The second-order valence-corrected chi connectivity index (χ2v) is 12.2. The minimum Gasteiger partial charge on any atom is -0.493 e. The molecule has 3 aromatic rings. The Morgan fingerprint density at radius 3 is 2.21 bits per heavy atom. The first kappa shape index (κ1) is 33.4. The molecule has 9 nitrogen and oxygen atoms in total. The first-order valence-corrected chi connectivity index (χ1v) is 15.5. The number of ether oxygens (including phenoxy) is 2. The molecule has 0 aliphatic carbocycles. The molecular formula is C32H40FN3O6S. The van der Waals surface area contributed by atoms with Gasteiger partial charge in [0.2, 0.25) is 11.8 Å². The number of nitrogens with one attached hydrogen (secondary N) is 1. The van der Waals surface area contributed by atoms with Gasteiger partial charge in [-0.15, -0.1) is 0 Å². The molecule has 43 heavy (non-hydrogen) atoms. The Morgan fingerprint density at radius 2 is 1.60 bits per heavy atom. The summed E-state index contributed by atoms with van der Waals surface area (Å²) in [5.74, 6) is -1.09. The number of amides is 2. The van der Waals surface area contributed by atoms with Gasteiger partial charge >= 0.3 is 0 Å². The molecule has 0 saturated heterocycles. The Balaban J connectivity index is 2.09. The van der Waals surface area contributed by atoms with E-state index in [0.29, 0.717) is 12.3 Å². The van der Waals surface area contributed by atoms with Crippen molar-refractivity contribution in [2.24, 2.45) is 0 Å². The van der Waals surface area contributed by atoms with Crippen LogP contribution in [-0.4, -0.2) is 58.5 Å². The summed E-state index contributed by atoms with van der Waals surface area (Å²) in [6.07, 6.45) is 1.62. The van der Waals surface area contributed by atoms with Gasteiger partial charge in [0.25, 0.3) is 10.0 Å². The summed E-state index contributed by atoms with van der Waals surface area (Å²) < 4.78 is 54.7. The van der Waals surface area contributed by atoms with E-state index >= 15 is 0 Å². The number of halogens is 1. The number of hydrogen-bond donors (Lipinski definition) is 1. The molecule has 0 fully saturated rings. The minimum absolute atomic E-state index is 0.122. The van der Waals surface area contributed by atoms with Crippen LogP contribution >= 0.6 is 0 Å². The molecule has 3 aromatic carbocycles. The summed E-state index contributed by atoms with van der Waals surface area (Å²) in [7, 11) is -1.51. The maximum atomic E-state index is 14.7. The zero-order chi connectivity index (χ0) is 31.7. The van der Waals surface area contributed by atoms with Crippen LogP contribution in [0.15, 0.2) is 65.6 Å². The normalized spacial score (nSPS) is 11.9. The number of aryl methyl sites for hydroxylation is 2. The molecule has 0 aliphatic heterocycles. The van der Waals surface area contributed by atoms with Crippen molar-refractivity contribution in [2.75, 3.05) is 31.6 Å². The van der Waals surface area contributed by atoms with Crippen LogP contribution in [0, 0.1) is 19.7 Å². The first-order chi connectivity index (χ1) is 20.4. The van der Waals surface area contributed by atoms with Crippen molar-refractivity contribution < 1.29 is 31.9 Å². The number of anilines is 1. The van der Waals surface area contributed by atoms with Gasteiger partial charge in [-0.25, -0.2) is 12.8 Å². The van der Waals surface area contributed by atoms with Gasteiger partial charge in [-0.2, -0.15) is 0 Å². The number of carbonyl (C=O) groups excluding carboxylic acids is 2. The monoisotopic (exact) mass is 613 g/mol. The molecule has 11 heteroatoms. The van der Waals surface area contributed by atoms with Crippen molar-refractivity contribution >= 4 is 27.5 Å². The number of hydrogen-bond acceptors (Lipinski definition) is 6. The van der Waals surface area contributed by atoms with Crippen LogP contribution in [0.2, 0.25) is 0 Å². The molecule has 0 spiro atoms. The third kappa shape index (κ3) is 8.25. The number of nitrogens with zero attached hydrogens (tertiary/aromatic N) is 2. The maximum absolute atomic E-state index is 14.7. The summed E-state index contributed by atoms with van der Waals surface area (Å²) in [4.78, 5) is 28.2. The molecule has 0 aliphatic rings. The molecule has 232 valence electrons. The van der Waals surface area contributed by atoms with E-state index in [4.69, 9.17) is 9.47 Å². The second kappa shape index (κ2) is 14.9. The van der Waals surface area contributed by atoms with Crippen molar-refractivity contribution in [3.63, 3.8) is 0 Å². The third-order valence-electron chi connectivity index (χ3n) is 7.01. The van der Waals surface area contributed by atoms with Gasteiger partial charge in [-0.3, -0.25) is 13.9 Å². The predicted molar refractivity (Wildman–Crippen MR) is 164 cm³/mol. The fourth-order valence-electron chi connectivity index (χ4n) is 4.66. The number of carbonyl (C=O) groups is 2. The fourth-order valence-corrected chi connectivity index (χ4v) is 6.07. The van der Waals surface area contributed by atoms with Crippen LogP contribution < -0.4 is 19.1 Å². The Morgan fingerprint density at radius 1 is 0.953 bits per heavy atom. The van der Waals surface area contributed by atoms with Crippen LogP contribution in [0.1, 0.15) is 43.4 Å². The van der Waals surface area contributed by atoms with E-state index in [1.165, 1.54) is 55.5 Å². The van der Waals surface area contributed by atoms with Crippen molar-refractivity contribution in [3.8, 4) is 11.5 Å². The molecule has 1 atom stereocenters.